The molecule has 0 saturated heterocycles. The highest BCUT2D eigenvalue weighted by Gasteiger charge is 2.18. The van der Waals surface area contributed by atoms with Gasteiger partial charge in [-0.3, -0.25) is 0 Å². The molecule has 108 valence electrons. The Morgan fingerprint density at radius 3 is 2.90 bits per heavy atom. The van der Waals surface area contributed by atoms with Crippen molar-refractivity contribution in [2.45, 2.75) is 4.90 Å². The quantitative estimate of drug-likeness (QED) is 0.714. The molecule has 0 fully saturated rings. The van der Waals surface area contributed by atoms with Gasteiger partial charge in [-0.1, -0.05) is 23.7 Å². The van der Waals surface area contributed by atoms with Gasteiger partial charge >= 0.3 is 0 Å². The normalized spacial score (nSPS) is 13.0. The van der Waals surface area contributed by atoms with Crippen molar-refractivity contribution < 1.29 is 4.74 Å². The molecule has 0 amide bonds. The highest BCUT2D eigenvalue weighted by molar-refractivity contribution is 9.10. The summed E-state index contributed by atoms with van der Waals surface area (Å²) in [5, 5.41) is 7.09. The second kappa shape index (κ2) is 6.17. The molecule has 0 saturated carbocycles. The summed E-state index contributed by atoms with van der Waals surface area (Å²) >= 11 is 10.9. The second-order valence-electron chi connectivity index (χ2n) is 4.24. The van der Waals surface area contributed by atoms with E-state index in [2.05, 4.69) is 31.0 Å². The van der Waals surface area contributed by atoms with Gasteiger partial charge in [0.2, 0.25) is 5.96 Å². The van der Waals surface area contributed by atoms with Crippen LogP contribution in [0.4, 0.5) is 11.4 Å². The average Bonchev–Trinajstić information content (AvgIpc) is 2.49. The van der Waals surface area contributed by atoms with Crippen molar-refractivity contribution in [1.29, 1.82) is 0 Å². The first-order chi connectivity index (χ1) is 10.2. The number of halogens is 2. The van der Waals surface area contributed by atoms with Crippen LogP contribution in [0.15, 0.2) is 50.2 Å². The van der Waals surface area contributed by atoms with Crippen LogP contribution in [0.5, 0.6) is 5.75 Å². The zero-order valence-corrected chi connectivity index (χ0v) is 14.1. The number of hydrogen-bond acceptors (Lipinski definition) is 5. The van der Waals surface area contributed by atoms with Crippen LogP contribution in [0, 0.1) is 0 Å². The maximum Gasteiger partial charge on any atom is 0.212 e. The number of benzene rings is 2. The molecule has 1 aliphatic heterocycles. The fraction of sp³-hybridized carbons (Fsp3) is 0.0714. The third-order valence-electron chi connectivity index (χ3n) is 2.86. The first-order valence-corrected chi connectivity index (χ1v) is 8.03. The van der Waals surface area contributed by atoms with Crippen LogP contribution in [-0.2, 0) is 0 Å². The van der Waals surface area contributed by atoms with Gasteiger partial charge < -0.3 is 15.4 Å². The molecule has 0 bridgehead atoms. The van der Waals surface area contributed by atoms with E-state index in [-0.39, 0.29) is 0 Å². The lowest BCUT2D eigenvalue weighted by Gasteiger charge is -2.21. The van der Waals surface area contributed by atoms with Gasteiger partial charge in [0.25, 0.3) is 0 Å². The number of anilines is 2. The molecule has 0 aliphatic carbocycles. The second-order valence-corrected chi connectivity index (χ2v) is 6.34. The minimum atomic E-state index is 0.623. The summed E-state index contributed by atoms with van der Waals surface area (Å²) < 4.78 is 10.7. The Morgan fingerprint density at radius 1 is 1.33 bits per heavy atom. The molecule has 2 N–H and O–H groups in total. The van der Waals surface area contributed by atoms with Gasteiger partial charge in [-0.25, -0.2) is 0 Å². The summed E-state index contributed by atoms with van der Waals surface area (Å²) in [5.74, 6) is 1.33. The van der Waals surface area contributed by atoms with Crippen molar-refractivity contribution in [3.63, 3.8) is 0 Å². The summed E-state index contributed by atoms with van der Waals surface area (Å²) in [4.78, 5) is 0.928. The zero-order chi connectivity index (χ0) is 14.8. The van der Waals surface area contributed by atoms with Crippen molar-refractivity contribution in [2.75, 3.05) is 17.7 Å². The monoisotopic (exact) mass is 383 g/mol. The third kappa shape index (κ3) is 3.12. The number of fused-ring (bicyclic) bond motifs is 1. The summed E-state index contributed by atoms with van der Waals surface area (Å²) in [7, 11) is 1.62. The van der Waals surface area contributed by atoms with E-state index in [1.165, 1.54) is 11.9 Å². The Morgan fingerprint density at radius 2 is 2.14 bits per heavy atom. The molecule has 3 rings (SSSR count). The average molecular weight is 385 g/mol. The highest BCUT2D eigenvalue weighted by atomic mass is 79.9. The van der Waals surface area contributed by atoms with Crippen LogP contribution in [0.1, 0.15) is 0 Å². The van der Waals surface area contributed by atoms with E-state index in [1.54, 1.807) is 13.2 Å². The van der Waals surface area contributed by atoms with E-state index in [4.69, 9.17) is 16.3 Å². The summed E-state index contributed by atoms with van der Waals surface area (Å²) in [6, 6.07) is 11.5. The van der Waals surface area contributed by atoms with E-state index >= 15 is 0 Å². The number of nitrogens with one attached hydrogen (secondary N) is 2. The molecule has 0 atom stereocenters. The van der Waals surface area contributed by atoms with Gasteiger partial charge in [0, 0.05) is 27.5 Å². The lowest BCUT2D eigenvalue weighted by Crippen LogP contribution is -2.24. The van der Waals surface area contributed by atoms with Gasteiger partial charge in [0.1, 0.15) is 5.75 Å². The molecule has 2 aromatic carbocycles. The lowest BCUT2D eigenvalue weighted by atomic mass is 10.3. The van der Waals surface area contributed by atoms with Crippen LogP contribution in [0.2, 0.25) is 5.02 Å². The van der Waals surface area contributed by atoms with E-state index in [1.807, 2.05) is 30.3 Å². The fourth-order valence-corrected chi connectivity index (χ4v) is 3.25. The van der Waals surface area contributed by atoms with Crippen molar-refractivity contribution >= 4 is 56.8 Å². The molecule has 1 aliphatic rings. The summed E-state index contributed by atoms with van der Waals surface area (Å²) in [6.45, 7) is 0. The molecule has 0 unspecified atom stereocenters. The first-order valence-electron chi connectivity index (χ1n) is 6.08. The van der Waals surface area contributed by atoms with E-state index in [0.29, 0.717) is 16.7 Å². The summed E-state index contributed by atoms with van der Waals surface area (Å²) in [5.41, 5.74) is 1.79. The van der Waals surface area contributed by atoms with Crippen molar-refractivity contribution in [3.8, 4) is 5.75 Å². The smallest absolute Gasteiger partial charge is 0.212 e. The van der Waals surface area contributed by atoms with Crippen molar-refractivity contribution in [2.24, 2.45) is 4.40 Å². The largest absolute Gasteiger partial charge is 0.494 e. The predicted molar refractivity (Wildman–Crippen MR) is 92.7 cm³/mol. The van der Waals surface area contributed by atoms with Crippen LogP contribution in [0.25, 0.3) is 0 Å². The zero-order valence-electron chi connectivity index (χ0n) is 11.0. The van der Waals surface area contributed by atoms with Crippen molar-refractivity contribution in [3.05, 3.63) is 45.9 Å². The standard InChI is InChI=1S/C14H11BrClN3OS/c1-20-11-6-8(16)7-12-13(11)18-14(19-21-12)17-10-5-3-2-4-9(10)15/h2-7H,1H3,(H2,17,18,19). The topological polar surface area (TPSA) is 45.6 Å². The molecule has 1 heterocycles. The Balaban J connectivity index is 1.87. The number of guanidine groups is 1. The highest BCUT2D eigenvalue weighted by Crippen LogP contribution is 2.41. The minimum Gasteiger partial charge on any atom is -0.494 e. The van der Waals surface area contributed by atoms with Gasteiger partial charge in [0.05, 0.1) is 23.4 Å². The molecule has 7 heteroatoms. The maximum atomic E-state index is 6.06. The number of hydrogen-bond donors (Lipinski definition) is 2. The molecule has 21 heavy (non-hydrogen) atoms. The fourth-order valence-electron chi connectivity index (χ4n) is 1.89. The Hall–Kier alpha value is -1.37. The number of para-hydroxylation sites is 1. The molecule has 4 nitrogen and oxygen atoms in total. The summed E-state index contributed by atoms with van der Waals surface area (Å²) in [6.07, 6.45) is 0. The molecule has 2 aromatic rings. The van der Waals surface area contributed by atoms with Crippen LogP contribution >= 0.6 is 39.5 Å². The minimum absolute atomic E-state index is 0.623. The molecule has 0 aromatic heterocycles. The van der Waals surface area contributed by atoms with Gasteiger partial charge in [-0.05, 0) is 34.1 Å². The molecular weight excluding hydrogens is 374 g/mol. The Bertz CT molecular complexity index is 723. The van der Waals surface area contributed by atoms with E-state index < -0.39 is 0 Å². The molecule has 0 spiro atoms. The van der Waals surface area contributed by atoms with Crippen molar-refractivity contribution in [1.82, 2.24) is 0 Å². The predicted octanol–water partition coefficient (Wildman–Crippen LogP) is 5.01. The number of methoxy groups -OCH3 is 1. The number of rotatable bonds is 2. The van der Waals surface area contributed by atoms with Gasteiger partial charge in [0.15, 0.2) is 0 Å². The van der Waals surface area contributed by atoms with Crippen LogP contribution < -0.4 is 15.4 Å². The Labute approximate surface area is 140 Å². The molecule has 0 radical (unpaired) electrons. The van der Waals surface area contributed by atoms with Gasteiger partial charge in [-0.2, -0.15) is 4.40 Å². The number of ether oxygens (including phenoxy) is 1. The van der Waals surface area contributed by atoms with Gasteiger partial charge in [-0.15, -0.1) is 0 Å². The number of nitrogens with zero attached hydrogens (tertiary/aromatic N) is 1. The van der Waals surface area contributed by atoms with Crippen LogP contribution in [-0.4, -0.2) is 13.1 Å². The van der Waals surface area contributed by atoms with Crippen LogP contribution in [0.3, 0.4) is 0 Å². The third-order valence-corrected chi connectivity index (χ3v) is 4.56. The van der Waals surface area contributed by atoms with E-state index in [0.717, 1.165) is 20.7 Å². The Kier molecular flexibility index (Phi) is 4.28. The maximum absolute atomic E-state index is 6.06. The van der Waals surface area contributed by atoms with E-state index in [9.17, 15) is 0 Å². The SMILES string of the molecule is COc1cc(Cl)cc2c1NC(Nc1ccccc1Br)=NS2. The lowest BCUT2D eigenvalue weighted by molar-refractivity contribution is 0.416. The molecular formula is C14H11BrClN3OS. The first kappa shape index (κ1) is 14.6.